The van der Waals surface area contributed by atoms with E-state index in [9.17, 15) is 8.78 Å². The third-order valence-corrected chi connectivity index (χ3v) is 1.57. The van der Waals surface area contributed by atoms with Gasteiger partial charge in [-0.1, -0.05) is 0 Å². The van der Waals surface area contributed by atoms with Crippen molar-refractivity contribution >= 4 is 0 Å². The first-order valence-corrected chi connectivity index (χ1v) is 3.38. The molecule has 10 heavy (non-hydrogen) atoms. The fourth-order valence-electron chi connectivity index (χ4n) is 0.964. The van der Waals surface area contributed by atoms with Gasteiger partial charge in [-0.2, -0.15) is 0 Å². The Labute approximate surface area is 59.2 Å². The Kier molecular flexibility index (Phi) is 2.20. The molecule has 0 radical (unpaired) electrons. The molecule has 0 saturated heterocycles. The Morgan fingerprint density at radius 1 is 1.60 bits per heavy atom. The lowest BCUT2D eigenvalue weighted by Gasteiger charge is -1.96. The third kappa shape index (κ3) is 1.66. The highest BCUT2D eigenvalue weighted by molar-refractivity contribution is 5.25. The van der Waals surface area contributed by atoms with Gasteiger partial charge in [0.15, 0.2) is 0 Å². The average molecular weight is 144 g/mol. The summed E-state index contributed by atoms with van der Waals surface area (Å²) in [5, 5.41) is 0. The molecule has 1 aliphatic rings. The molecule has 0 heterocycles. The van der Waals surface area contributed by atoms with Crippen LogP contribution in [0.25, 0.3) is 0 Å². The molecule has 1 atom stereocenters. The summed E-state index contributed by atoms with van der Waals surface area (Å²) in [6.07, 6.45) is 2.71. The second-order valence-electron chi connectivity index (χ2n) is 2.50. The van der Waals surface area contributed by atoms with E-state index in [0.29, 0.717) is 18.4 Å². The smallest absolute Gasteiger partial charge is 0.121 e. The minimum Gasteiger partial charge on any atom is -0.243 e. The molecule has 0 saturated carbocycles. The zero-order valence-electron chi connectivity index (χ0n) is 5.90. The number of allylic oxidation sites excluding steroid dienone is 4. The van der Waals surface area contributed by atoms with E-state index < -0.39 is 6.17 Å². The summed E-state index contributed by atoms with van der Waals surface area (Å²) in [6, 6.07) is 0. The third-order valence-electron chi connectivity index (χ3n) is 1.57. The van der Waals surface area contributed by atoms with Crippen LogP contribution in [-0.2, 0) is 0 Å². The van der Waals surface area contributed by atoms with Crippen LogP contribution in [0.1, 0.15) is 19.8 Å². The van der Waals surface area contributed by atoms with E-state index in [1.807, 2.05) is 0 Å². The molecule has 0 spiro atoms. The molecule has 0 nitrogen and oxygen atoms in total. The van der Waals surface area contributed by atoms with E-state index in [0.717, 1.165) is 0 Å². The van der Waals surface area contributed by atoms with Gasteiger partial charge in [0.2, 0.25) is 0 Å². The molecule has 0 bridgehead atoms. The minimum atomic E-state index is -0.968. The van der Waals surface area contributed by atoms with E-state index in [4.69, 9.17) is 0 Å². The van der Waals surface area contributed by atoms with E-state index >= 15 is 0 Å². The van der Waals surface area contributed by atoms with Crippen LogP contribution in [-0.4, -0.2) is 6.17 Å². The number of hydrogen-bond acceptors (Lipinski definition) is 0. The van der Waals surface area contributed by atoms with Crippen LogP contribution < -0.4 is 0 Å². The quantitative estimate of drug-likeness (QED) is 0.490. The van der Waals surface area contributed by atoms with Crippen molar-refractivity contribution in [2.75, 3.05) is 0 Å². The SMILES string of the molecule is CC1=CC(F)CCC=C1F. The zero-order valence-corrected chi connectivity index (χ0v) is 5.90. The summed E-state index contributed by atoms with van der Waals surface area (Å²) >= 11 is 0. The number of hydrogen-bond donors (Lipinski definition) is 0. The van der Waals surface area contributed by atoms with Crippen molar-refractivity contribution in [1.82, 2.24) is 0 Å². The highest BCUT2D eigenvalue weighted by atomic mass is 19.1. The Morgan fingerprint density at radius 3 is 3.00 bits per heavy atom. The maximum absolute atomic E-state index is 12.6. The van der Waals surface area contributed by atoms with Crippen LogP contribution in [0.2, 0.25) is 0 Å². The Hall–Kier alpha value is -0.660. The fourth-order valence-corrected chi connectivity index (χ4v) is 0.964. The highest BCUT2D eigenvalue weighted by Gasteiger charge is 2.08. The van der Waals surface area contributed by atoms with Crippen LogP contribution in [0, 0.1) is 0 Å². The molecule has 1 unspecified atom stereocenters. The summed E-state index contributed by atoms with van der Waals surface area (Å²) in [4.78, 5) is 0. The molecular weight excluding hydrogens is 134 g/mol. The van der Waals surface area contributed by atoms with Crippen molar-refractivity contribution in [2.45, 2.75) is 25.9 Å². The zero-order chi connectivity index (χ0) is 7.56. The standard InChI is InChI=1S/C8H10F2/c1-6-5-7(9)3-2-4-8(6)10/h4-5,7H,2-3H2,1H3. The van der Waals surface area contributed by atoms with Gasteiger partial charge in [-0.15, -0.1) is 0 Å². The van der Waals surface area contributed by atoms with Crippen LogP contribution in [0.15, 0.2) is 23.6 Å². The summed E-state index contributed by atoms with van der Waals surface area (Å²) in [7, 11) is 0. The molecule has 0 aliphatic heterocycles. The normalized spacial score (nSPS) is 26.9. The lowest BCUT2D eigenvalue weighted by Crippen LogP contribution is -1.92. The van der Waals surface area contributed by atoms with Gasteiger partial charge in [-0.3, -0.25) is 0 Å². The maximum Gasteiger partial charge on any atom is 0.121 e. The monoisotopic (exact) mass is 144 g/mol. The van der Waals surface area contributed by atoms with Gasteiger partial charge in [-0.05, 0) is 37.5 Å². The Bertz CT molecular complexity index is 180. The molecule has 0 N–H and O–H groups in total. The van der Waals surface area contributed by atoms with E-state index in [1.165, 1.54) is 12.2 Å². The topological polar surface area (TPSA) is 0 Å². The Balaban J connectivity index is 2.77. The van der Waals surface area contributed by atoms with Crippen molar-refractivity contribution in [3.63, 3.8) is 0 Å². The predicted octanol–water partition coefficient (Wildman–Crippen LogP) is 2.92. The van der Waals surface area contributed by atoms with E-state index in [2.05, 4.69) is 0 Å². The van der Waals surface area contributed by atoms with E-state index in [-0.39, 0.29) is 5.83 Å². The molecule has 2 heteroatoms. The second-order valence-corrected chi connectivity index (χ2v) is 2.50. The largest absolute Gasteiger partial charge is 0.243 e. The number of alkyl halides is 1. The van der Waals surface area contributed by atoms with Crippen LogP contribution in [0.4, 0.5) is 8.78 Å². The minimum absolute atomic E-state index is 0.278. The van der Waals surface area contributed by atoms with Crippen LogP contribution in [0.5, 0.6) is 0 Å². The molecule has 0 aromatic rings. The lowest BCUT2D eigenvalue weighted by molar-refractivity contribution is 0.381. The van der Waals surface area contributed by atoms with Crippen molar-refractivity contribution < 1.29 is 8.78 Å². The first kappa shape index (κ1) is 7.45. The highest BCUT2D eigenvalue weighted by Crippen LogP contribution is 2.20. The predicted molar refractivity (Wildman–Crippen MR) is 37.1 cm³/mol. The molecule has 0 aromatic heterocycles. The van der Waals surface area contributed by atoms with Crippen molar-refractivity contribution in [2.24, 2.45) is 0 Å². The molecule has 0 amide bonds. The second kappa shape index (κ2) is 2.95. The molecular formula is C8H10F2. The fraction of sp³-hybridized carbons (Fsp3) is 0.500. The maximum atomic E-state index is 12.6. The van der Waals surface area contributed by atoms with Gasteiger partial charge >= 0.3 is 0 Å². The van der Waals surface area contributed by atoms with E-state index in [1.54, 1.807) is 6.92 Å². The number of halogens is 2. The van der Waals surface area contributed by atoms with Crippen molar-refractivity contribution in [3.05, 3.63) is 23.6 Å². The van der Waals surface area contributed by atoms with Crippen LogP contribution in [0.3, 0.4) is 0 Å². The van der Waals surface area contributed by atoms with Crippen LogP contribution >= 0.6 is 0 Å². The van der Waals surface area contributed by atoms with Gasteiger partial charge in [0, 0.05) is 0 Å². The first-order valence-electron chi connectivity index (χ1n) is 3.38. The molecule has 56 valence electrons. The first-order chi connectivity index (χ1) is 4.70. The molecule has 1 aliphatic carbocycles. The molecule has 0 aromatic carbocycles. The Morgan fingerprint density at radius 2 is 2.30 bits per heavy atom. The lowest BCUT2D eigenvalue weighted by atomic mass is 10.2. The van der Waals surface area contributed by atoms with Gasteiger partial charge < -0.3 is 0 Å². The van der Waals surface area contributed by atoms with Gasteiger partial charge in [0.05, 0.1) is 0 Å². The summed E-state index contributed by atoms with van der Waals surface area (Å²) in [5.41, 5.74) is 0.421. The van der Waals surface area contributed by atoms with Gasteiger partial charge in [-0.25, -0.2) is 8.78 Å². The summed E-state index contributed by atoms with van der Waals surface area (Å²) < 4.78 is 25.2. The summed E-state index contributed by atoms with van der Waals surface area (Å²) in [6.45, 7) is 1.59. The average Bonchev–Trinajstić information content (AvgIpc) is 1.96. The summed E-state index contributed by atoms with van der Waals surface area (Å²) in [5.74, 6) is -0.278. The van der Waals surface area contributed by atoms with Gasteiger partial charge in [0.25, 0.3) is 0 Å². The molecule has 1 rings (SSSR count). The number of rotatable bonds is 0. The van der Waals surface area contributed by atoms with Gasteiger partial charge in [0.1, 0.15) is 12.0 Å². The molecule has 0 fully saturated rings. The van der Waals surface area contributed by atoms with Crippen molar-refractivity contribution in [3.8, 4) is 0 Å². The van der Waals surface area contributed by atoms with Crippen molar-refractivity contribution in [1.29, 1.82) is 0 Å².